The molecule has 2 aliphatic heterocycles. The molecule has 39 heavy (non-hydrogen) atoms. The molecule has 4 heterocycles. The number of hydrogen-bond acceptors (Lipinski definition) is 7. The Morgan fingerprint density at radius 1 is 1.03 bits per heavy atom. The van der Waals surface area contributed by atoms with Crippen molar-refractivity contribution in [1.29, 1.82) is 5.26 Å². The van der Waals surface area contributed by atoms with Gasteiger partial charge in [-0.25, -0.2) is 13.6 Å². The van der Waals surface area contributed by atoms with Crippen molar-refractivity contribution in [2.75, 3.05) is 31.1 Å². The lowest BCUT2D eigenvalue weighted by Gasteiger charge is -2.45. The Kier molecular flexibility index (Phi) is 6.08. The smallest absolute Gasteiger partial charge is 0.346 e. The molecule has 0 amide bonds. The van der Waals surface area contributed by atoms with Crippen LogP contribution in [0.2, 0.25) is 0 Å². The first-order valence-electron chi connectivity index (χ1n) is 12.5. The van der Waals surface area contributed by atoms with E-state index < -0.39 is 11.5 Å². The molecule has 8 nitrogen and oxygen atoms in total. The van der Waals surface area contributed by atoms with E-state index in [1.54, 1.807) is 30.3 Å². The minimum atomic E-state index is -0.715. The molecule has 0 aliphatic carbocycles. The second-order valence-corrected chi connectivity index (χ2v) is 9.74. The van der Waals surface area contributed by atoms with Crippen LogP contribution in [0.25, 0.3) is 11.0 Å². The van der Waals surface area contributed by atoms with Gasteiger partial charge in [0.15, 0.2) is 5.56 Å². The molecule has 0 radical (unpaired) electrons. The van der Waals surface area contributed by atoms with E-state index in [0.29, 0.717) is 41.9 Å². The Hall–Kier alpha value is -4.62. The van der Waals surface area contributed by atoms with Gasteiger partial charge in [0, 0.05) is 32.9 Å². The molecule has 1 atom stereocenters. The monoisotopic (exact) mass is 527 g/mol. The van der Waals surface area contributed by atoms with Gasteiger partial charge >= 0.3 is 5.97 Å². The zero-order valence-electron chi connectivity index (χ0n) is 21.0. The molecule has 1 saturated heterocycles. The predicted octanol–water partition coefficient (Wildman–Crippen LogP) is 3.53. The number of fused-ring (bicyclic) bond motifs is 5. The number of benzene rings is 2. The third kappa shape index (κ3) is 4.21. The van der Waals surface area contributed by atoms with E-state index >= 15 is 0 Å². The highest BCUT2D eigenvalue weighted by atomic mass is 19.1. The third-order valence-electron chi connectivity index (χ3n) is 7.49. The van der Waals surface area contributed by atoms with Gasteiger partial charge in [-0.2, -0.15) is 5.26 Å². The van der Waals surface area contributed by atoms with Crippen molar-refractivity contribution >= 4 is 22.7 Å². The van der Waals surface area contributed by atoms with Crippen molar-refractivity contribution in [3.05, 3.63) is 105 Å². The number of hydrogen-bond donors (Lipinski definition) is 0. The Labute approximate surface area is 222 Å². The number of anilines is 1. The fourth-order valence-corrected chi connectivity index (χ4v) is 5.61. The maximum absolute atomic E-state index is 13.8. The van der Waals surface area contributed by atoms with E-state index in [1.165, 1.54) is 42.1 Å². The van der Waals surface area contributed by atoms with E-state index in [4.69, 9.17) is 4.74 Å². The van der Waals surface area contributed by atoms with Crippen LogP contribution in [0.4, 0.5) is 14.5 Å². The molecule has 10 heteroatoms. The Balaban J connectivity index is 1.44. The second-order valence-electron chi connectivity index (χ2n) is 9.74. The average Bonchev–Trinajstić information content (AvgIpc) is 3.10. The molecule has 0 unspecified atom stereocenters. The standard InChI is InChI=1S/C29H23F2N5O3/c1-34-23-12-17(13-32)14-33-25(23)27-24(28(34)37)29(38)39-16-22-15-35(10-11-36(22)27)26(18-2-6-20(30)7-3-18)19-4-8-21(31)9-5-19/h2-9,12,14,22,26H,10-11,15-16H2,1H3/t22-/m1/s1. The van der Waals surface area contributed by atoms with Crippen LogP contribution in [-0.4, -0.2) is 52.7 Å². The number of esters is 1. The Morgan fingerprint density at radius 2 is 1.67 bits per heavy atom. The van der Waals surface area contributed by atoms with Crippen LogP contribution in [0.3, 0.4) is 0 Å². The number of piperazine rings is 1. The molecule has 2 aromatic heterocycles. The highest BCUT2D eigenvalue weighted by Gasteiger charge is 2.39. The third-order valence-corrected chi connectivity index (χ3v) is 7.49. The fourth-order valence-electron chi connectivity index (χ4n) is 5.61. The number of aromatic nitrogens is 2. The minimum Gasteiger partial charge on any atom is -0.460 e. The van der Waals surface area contributed by atoms with Crippen LogP contribution < -0.4 is 10.5 Å². The molecule has 196 valence electrons. The highest BCUT2D eigenvalue weighted by Crippen LogP contribution is 2.36. The first kappa shape index (κ1) is 24.7. The summed E-state index contributed by atoms with van der Waals surface area (Å²) in [6.45, 7) is 1.46. The topological polar surface area (TPSA) is 91.5 Å². The SMILES string of the molecule is Cn1c(=O)c2c(c3ncc(C#N)cc31)N1CCN(C(c3ccc(F)cc3)c3ccc(F)cc3)C[C@@H]1COC2=O. The van der Waals surface area contributed by atoms with Gasteiger partial charge in [-0.15, -0.1) is 0 Å². The lowest BCUT2D eigenvalue weighted by atomic mass is 9.95. The van der Waals surface area contributed by atoms with Gasteiger partial charge in [0.05, 0.1) is 28.9 Å². The van der Waals surface area contributed by atoms with Crippen molar-refractivity contribution in [3.8, 4) is 6.07 Å². The maximum atomic E-state index is 13.8. The van der Waals surface area contributed by atoms with Crippen molar-refractivity contribution in [2.24, 2.45) is 7.05 Å². The fraction of sp³-hybridized carbons (Fsp3) is 0.241. The largest absolute Gasteiger partial charge is 0.460 e. The van der Waals surface area contributed by atoms with Crippen LogP contribution in [0.1, 0.15) is 33.1 Å². The number of rotatable bonds is 3. The zero-order valence-corrected chi connectivity index (χ0v) is 21.0. The lowest BCUT2D eigenvalue weighted by Crippen LogP contribution is -2.55. The minimum absolute atomic E-state index is 0.0461. The molecule has 2 aromatic carbocycles. The first-order valence-corrected chi connectivity index (χ1v) is 12.5. The molecule has 2 aliphatic rings. The molecule has 6 rings (SSSR count). The zero-order chi connectivity index (χ0) is 27.3. The van der Waals surface area contributed by atoms with Crippen LogP contribution in [0, 0.1) is 23.0 Å². The Morgan fingerprint density at radius 3 is 2.28 bits per heavy atom. The van der Waals surface area contributed by atoms with Gasteiger partial charge < -0.3 is 14.2 Å². The summed E-state index contributed by atoms with van der Waals surface area (Å²) in [5, 5.41) is 9.36. The van der Waals surface area contributed by atoms with E-state index in [0.717, 1.165) is 11.1 Å². The molecule has 1 fully saturated rings. The molecule has 0 spiro atoms. The number of cyclic esters (lactones) is 1. The molecule has 0 saturated carbocycles. The molecular weight excluding hydrogens is 504 g/mol. The normalized spacial score (nSPS) is 17.4. The van der Waals surface area contributed by atoms with Gasteiger partial charge in [0.1, 0.15) is 29.8 Å². The molecule has 0 N–H and O–H groups in total. The van der Waals surface area contributed by atoms with Crippen LogP contribution in [0.15, 0.2) is 65.6 Å². The maximum Gasteiger partial charge on any atom is 0.346 e. The number of nitrogens with zero attached hydrogens (tertiary/aromatic N) is 5. The van der Waals surface area contributed by atoms with Crippen molar-refractivity contribution in [2.45, 2.75) is 12.1 Å². The van der Waals surface area contributed by atoms with E-state index in [-0.39, 0.29) is 35.9 Å². The number of carbonyl (C=O) groups is 1. The molecule has 4 aromatic rings. The van der Waals surface area contributed by atoms with Gasteiger partial charge in [-0.1, -0.05) is 24.3 Å². The summed E-state index contributed by atoms with van der Waals surface area (Å²) in [5.41, 5.74) is 2.69. The predicted molar refractivity (Wildman–Crippen MR) is 139 cm³/mol. The van der Waals surface area contributed by atoms with Crippen LogP contribution in [0.5, 0.6) is 0 Å². The number of carbonyl (C=O) groups excluding carboxylic acids is 1. The number of halogens is 2. The van der Waals surface area contributed by atoms with Gasteiger partial charge in [0.2, 0.25) is 0 Å². The molecular formula is C29H23F2N5O3. The lowest BCUT2D eigenvalue weighted by molar-refractivity contribution is 0.0451. The van der Waals surface area contributed by atoms with Crippen molar-refractivity contribution in [3.63, 3.8) is 0 Å². The Bertz CT molecular complexity index is 1650. The number of nitriles is 1. The summed E-state index contributed by atoms with van der Waals surface area (Å²) in [7, 11) is 1.54. The second kappa shape index (κ2) is 9.60. The average molecular weight is 528 g/mol. The van der Waals surface area contributed by atoms with Gasteiger partial charge in [0.25, 0.3) is 5.56 Å². The number of aryl methyl sites for hydroxylation is 1. The highest BCUT2D eigenvalue weighted by molar-refractivity contribution is 6.04. The van der Waals surface area contributed by atoms with Gasteiger partial charge in [-0.3, -0.25) is 14.7 Å². The summed E-state index contributed by atoms with van der Waals surface area (Å²) in [5.74, 6) is -1.42. The number of pyridine rings is 2. The van der Waals surface area contributed by atoms with Crippen LogP contribution in [-0.2, 0) is 11.8 Å². The van der Waals surface area contributed by atoms with Gasteiger partial charge in [-0.05, 0) is 41.5 Å². The number of ether oxygens (including phenoxy) is 1. The van der Waals surface area contributed by atoms with Crippen molar-refractivity contribution in [1.82, 2.24) is 14.5 Å². The van der Waals surface area contributed by atoms with Crippen molar-refractivity contribution < 1.29 is 18.3 Å². The first-order chi connectivity index (χ1) is 18.9. The summed E-state index contributed by atoms with van der Waals surface area (Å²) in [4.78, 5) is 35.1. The summed E-state index contributed by atoms with van der Waals surface area (Å²) >= 11 is 0. The van der Waals surface area contributed by atoms with Crippen LogP contribution >= 0.6 is 0 Å². The molecule has 0 bridgehead atoms. The van der Waals surface area contributed by atoms with E-state index in [1.807, 2.05) is 11.0 Å². The summed E-state index contributed by atoms with van der Waals surface area (Å²) in [6.07, 6.45) is 1.42. The quantitative estimate of drug-likeness (QED) is 0.377. The van der Waals surface area contributed by atoms with E-state index in [9.17, 15) is 23.6 Å². The van der Waals surface area contributed by atoms with E-state index in [2.05, 4.69) is 9.88 Å². The summed E-state index contributed by atoms with van der Waals surface area (Å²) < 4.78 is 34.4. The summed E-state index contributed by atoms with van der Waals surface area (Å²) in [6, 6.07) is 15.5.